The van der Waals surface area contributed by atoms with Crippen LogP contribution in [0.2, 0.25) is 5.02 Å². The number of halogens is 1. The highest BCUT2D eigenvalue weighted by molar-refractivity contribution is 7.92. The number of rotatable bonds is 5. The lowest BCUT2D eigenvalue weighted by Crippen LogP contribution is -2.39. The van der Waals surface area contributed by atoms with Gasteiger partial charge in [0.25, 0.3) is 5.91 Å². The Morgan fingerprint density at radius 1 is 1.16 bits per heavy atom. The lowest BCUT2D eigenvalue weighted by Gasteiger charge is -2.35. The van der Waals surface area contributed by atoms with E-state index in [1.165, 1.54) is 12.1 Å². The fourth-order valence-electron chi connectivity index (χ4n) is 5.27. The third-order valence-corrected chi connectivity index (χ3v) is 7.76. The van der Waals surface area contributed by atoms with Gasteiger partial charge in [-0.05, 0) is 57.2 Å². The number of nitrogens with zero attached hydrogens (tertiary/aromatic N) is 5. The second kappa shape index (κ2) is 10.1. The van der Waals surface area contributed by atoms with E-state index >= 15 is 0 Å². The minimum Gasteiger partial charge on any atom is -0.391 e. The van der Waals surface area contributed by atoms with Crippen LogP contribution in [0.25, 0.3) is 5.65 Å². The SMILES string of the molecule is Cc1cn2nc(C3CCCCN3C(=O)c3cc(Cl)ccc3NS(C)(=O)=O)cc2nc1N1CCCC(O)C1. The van der Waals surface area contributed by atoms with Gasteiger partial charge in [0.15, 0.2) is 5.65 Å². The van der Waals surface area contributed by atoms with E-state index in [2.05, 4.69) is 9.62 Å². The zero-order valence-corrected chi connectivity index (χ0v) is 22.5. The van der Waals surface area contributed by atoms with Crippen molar-refractivity contribution in [3.8, 4) is 0 Å². The van der Waals surface area contributed by atoms with Crippen molar-refractivity contribution in [2.75, 3.05) is 35.5 Å². The zero-order valence-electron chi connectivity index (χ0n) is 20.9. The first kappa shape index (κ1) is 25.7. The number of aliphatic hydroxyl groups excluding tert-OH is 1. The van der Waals surface area contributed by atoms with Gasteiger partial charge < -0.3 is 14.9 Å². The van der Waals surface area contributed by atoms with E-state index in [0.29, 0.717) is 23.8 Å². The molecule has 0 spiro atoms. The fraction of sp³-hybridized carbons (Fsp3) is 0.480. The Labute approximate surface area is 221 Å². The molecule has 10 nitrogen and oxygen atoms in total. The molecular formula is C25H31ClN6O4S. The number of β-amino-alcohol motifs (C(OH)–C–C–N with tert-alkyl or cyclic N) is 1. The second-order valence-electron chi connectivity index (χ2n) is 9.94. The van der Waals surface area contributed by atoms with Crippen molar-refractivity contribution in [3.63, 3.8) is 0 Å². The Morgan fingerprint density at radius 2 is 1.97 bits per heavy atom. The van der Waals surface area contributed by atoms with E-state index in [4.69, 9.17) is 21.7 Å². The van der Waals surface area contributed by atoms with Gasteiger partial charge in [-0.15, -0.1) is 0 Å². The first-order valence-electron chi connectivity index (χ1n) is 12.5. The molecule has 12 heteroatoms. The summed E-state index contributed by atoms with van der Waals surface area (Å²) in [5.41, 5.74) is 2.77. The van der Waals surface area contributed by atoms with Crippen molar-refractivity contribution in [2.45, 2.75) is 51.2 Å². The molecule has 1 amide bonds. The van der Waals surface area contributed by atoms with Gasteiger partial charge in [-0.25, -0.2) is 17.9 Å². The summed E-state index contributed by atoms with van der Waals surface area (Å²) in [6.07, 6.45) is 6.84. The number of carbonyl (C=O) groups excluding carboxylic acids is 1. The number of amides is 1. The molecule has 3 aromatic rings. The number of nitrogens with one attached hydrogen (secondary N) is 1. The number of aromatic nitrogens is 3. The molecule has 198 valence electrons. The van der Waals surface area contributed by atoms with Crippen molar-refractivity contribution in [2.24, 2.45) is 0 Å². The topological polar surface area (TPSA) is 120 Å². The molecule has 2 saturated heterocycles. The number of sulfonamides is 1. The van der Waals surface area contributed by atoms with Crippen LogP contribution in [0, 0.1) is 6.92 Å². The molecule has 0 radical (unpaired) electrons. The molecule has 5 rings (SSSR count). The van der Waals surface area contributed by atoms with Crippen molar-refractivity contribution in [1.29, 1.82) is 0 Å². The molecule has 2 aliphatic rings. The van der Waals surface area contributed by atoms with Gasteiger partial charge in [0.2, 0.25) is 10.0 Å². The molecule has 0 aliphatic carbocycles. The highest BCUT2D eigenvalue weighted by atomic mass is 35.5. The van der Waals surface area contributed by atoms with Crippen molar-refractivity contribution in [3.05, 3.63) is 52.3 Å². The van der Waals surface area contributed by atoms with Gasteiger partial charge in [0.05, 0.1) is 35.3 Å². The van der Waals surface area contributed by atoms with E-state index in [1.54, 1.807) is 15.5 Å². The van der Waals surface area contributed by atoms with Crippen LogP contribution in [0.5, 0.6) is 0 Å². The standard InChI is InChI=1S/C25H31ClN6O4S/c1-16-14-32-23(27-24(16)30-10-5-6-18(33)15-30)13-21(28-32)22-7-3-4-11-31(22)25(34)19-12-17(26)8-9-20(19)29-37(2,35)36/h8-9,12-14,18,22,29,33H,3-7,10-11,15H2,1-2H3. The molecule has 4 heterocycles. The summed E-state index contributed by atoms with van der Waals surface area (Å²) in [6.45, 7) is 3.90. The maximum absolute atomic E-state index is 13.8. The first-order valence-corrected chi connectivity index (χ1v) is 14.7. The minimum absolute atomic E-state index is 0.196. The van der Waals surface area contributed by atoms with Gasteiger partial charge in [0.1, 0.15) is 5.82 Å². The molecule has 1 aromatic carbocycles. The molecule has 2 atom stereocenters. The summed E-state index contributed by atoms with van der Waals surface area (Å²) in [6, 6.07) is 6.18. The van der Waals surface area contributed by atoms with Crippen molar-refractivity contribution >= 4 is 44.7 Å². The summed E-state index contributed by atoms with van der Waals surface area (Å²) in [4.78, 5) is 22.5. The van der Waals surface area contributed by atoms with Gasteiger partial charge in [0, 0.05) is 42.5 Å². The molecule has 2 unspecified atom stereocenters. The lowest BCUT2D eigenvalue weighted by molar-refractivity contribution is 0.0607. The number of likely N-dealkylation sites (tertiary alicyclic amines) is 1. The number of piperidine rings is 2. The predicted molar refractivity (Wildman–Crippen MR) is 143 cm³/mol. The number of fused-ring (bicyclic) bond motifs is 1. The average Bonchev–Trinajstić information content (AvgIpc) is 3.26. The van der Waals surface area contributed by atoms with E-state index in [1.807, 2.05) is 19.2 Å². The summed E-state index contributed by atoms with van der Waals surface area (Å²) in [5, 5.41) is 15.2. The van der Waals surface area contributed by atoms with Crippen molar-refractivity contribution < 1.29 is 18.3 Å². The molecule has 2 aliphatic heterocycles. The summed E-state index contributed by atoms with van der Waals surface area (Å²) < 4.78 is 28.0. The summed E-state index contributed by atoms with van der Waals surface area (Å²) in [7, 11) is -3.59. The number of carbonyl (C=O) groups is 1. The Hall–Kier alpha value is -2.89. The maximum Gasteiger partial charge on any atom is 0.256 e. The van der Waals surface area contributed by atoms with E-state index in [9.17, 15) is 18.3 Å². The highest BCUT2D eigenvalue weighted by Crippen LogP contribution is 2.34. The van der Waals surface area contributed by atoms with Crippen LogP contribution in [0.15, 0.2) is 30.5 Å². The minimum atomic E-state index is -3.59. The number of aliphatic hydroxyl groups is 1. The molecule has 0 saturated carbocycles. The number of benzene rings is 1. The quantitative estimate of drug-likeness (QED) is 0.503. The normalized spacial score (nSPS) is 20.9. The van der Waals surface area contributed by atoms with Crippen LogP contribution in [0.4, 0.5) is 11.5 Å². The molecular weight excluding hydrogens is 516 g/mol. The monoisotopic (exact) mass is 546 g/mol. The van der Waals surface area contributed by atoms with Crippen molar-refractivity contribution in [1.82, 2.24) is 19.5 Å². The third kappa shape index (κ3) is 5.53. The predicted octanol–water partition coefficient (Wildman–Crippen LogP) is 3.39. The lowest BCUT2D eigenvalue weighted by atomic mass is 9.98. The van der Waals surface area contributed by atoms with Gasteiger partial charge in [-0.2, -0.15) is 5.10 Å². The second-order valence-corrected chi connectivity index (χ2v) is 12.1. The fourth-order valence-corrected chi connectivity index (χ4v) is 6.02. The number of hydrogen-bond donors (Lipinski definition) is 2. The molecule has 2 aromatic heterocycles. The zero-order chi connectivity index (χ0) is 26.3. The Balaban J connectivity index is 1.48. The third-order valence-electron chi connectivity index (χ3n) is 6.93. The van der Waals surface area contributed by atoms with Gasteiger partial charge >= 0.3 is 0 Å². The highest BCUT2D eigenvalue weighted by Gasteiger charge is 2.32. The average molecular weight is 547 g/mol. The Bertz CT molecular complexity index is 1440. The smallest absolute Gasteiger partial charge is 0.256 e. The van der Waals surface area contributed by atoms with Crippen LogP contribution in [-0.4, -0.2) is 70.9 Å². The number of anilines is 2. The van der Waals surface area contributed by atoms with Gasteiger partial charge in [-0.3, -0.25) is 9.52 Å². The van der Waals surface area contributed by atoms with E-state index in [-0.39, 0.29) is 29.3 Å². The number of hydrogen-bond acceptors (Lipinski definition) is 7. The Kier molecular flexibility index (Phi) is 7.03. The molecule has 37 heavy (non-hydrogen) atoms. The van der Waals surface area contributed by atoms with Crippen LogP contribution in [0.1, 0.15) is 59.8 Å². The number of aryl methyl sites for hydroxylation is 1. The maximum atomic E-state index is 13.8. The van der Waals surface area contributed by atoms with E-state index < -0.39 is 10.0 Å². The van der Waals surface area contributed by atoms with Crippen LogP contribution < -0.4 is 9.62 Å². The van der Waals surface area contributed by atoms with Crippen LogP contribution in [0.3, 0.4) is 0 Å². The summed E-state index contributed by atoms with van der Waals surface area (Å²) >= 11 is 6.19. The molecule has 0 bridgehead atoms. The molecule has 2 N–H and O–H groups in total. The van der Waals surface area contributed by atoms with Gasteiger partial charge in [-0.1, -0.05) is 11.6 Å². The first-order chi connectivity index (χ1) is 17.6. The summed E-state index contributed by atoms with van der Waals surface area (Å²) in [5.74, 6) is 0.534. The largest absolute Gasteiger partial charge is 0.391 e. The Morgan fingerprint density at radius 3 is 2.73 bits per heavy atom. The van der Waals surface area contributed by atoms with Crippen LogP contribution in [-0.2, 0) is 10.0 Å². The van der Waals surface area contributed by atoms with E-state index in [0.717, 1.165) is 62.0 Å². The molecule has 2 fully saturated rings. The van der Waals surface area contributed by atoms with Crippen LogP contribution >= 0.6 is 11.6 Å².